The van der Waals surface area contributed by atoms with Crippen molar-refractivity contribution in [2.75, 3.05) is 23.7 Å². The molecule has 1 saturated heterocycles. The Morgan fingerprint density at radius 2 is 1.86 bits per heavy atom. The highest BCUT2D eigenvalue weighted by molar-refractivity contribution is 7.80. The zero-order valence-corrected chi connectivity index (χ0v) is 18.3. The fourth-order valence-corrected chi connectivity index (χ4v) is 5.70. The molecule has 1 aromatic carbocycles. The molecular formula is C22H27N3O2S2. The molecule has 1 aliphatic heterocycles. The van der Waals surface area contributed by atoms with Crippen LogP contribution >= 0.6 is 23.6 Å². The Hall–Kier alpha value is -2.12. The summed E-state index contributed by atoms with van der Waals surface area (Å²) in [7, 11) is 0. The number of fused-ring (bicyclic) bond motifs is 1. The molecule has 2 aliphatic rings. The monoisotopic (exact) mass is 429 g/mol. The molecule has 0 spiro atoms. The molecule has 2 aromatic rings. The van der Waals surface area contributed by atoms with E-state index in [9.17, 15) is 9.90 Å². The summed E-state index contributed by atoms with van der Waals surface area (Å²) < 4.78 is 0. The van der Waals surface area contributed by atoms with Gasteiger partial charge in [0.1, 0.15) is 10.8 Å². The number of hydrogen-bond acceptors (Lipinski definition) is 4. The molecule has 1 aromatic heterocycles. The maximum absolute atomic E-state index is 13.4. The Kier molecular flexibility index (Phi) is 6.06. The number of carbonyl (C=O) groups is 1. The molecule has 0 atom stereocenters. The van der Waals surface area contributed by atoms with Gasteiger partial charge < -0.3 is 20.6 Å². The van der Waals surface area contributed by atoms with Crippen molar-refractivity contribution in [2.24, 2.45) is 0 Å². The second-order valence-electron chi connectivity index (χ2n) is 7.87. The summed E-state index contributed by atoms with van der Waals surface area (Å²) >= 11 is 7.16. The molecule has 7 heteroatoms. The average Bonchev–Trinajstić information content (AvgIpc) is 3.08. The lowest BCUT2D eigenvalue weighted by atomic mass is 9.94. The SMILES string of the molecule is Cc1ccc(O)c(NC(=S)Nc2sc3c(c2C(=O)N2CCCCC2)CCCC3)c1. The van der Waals surface area contributed by atoms with Crippen molar-refractivity contribution < 1.29 is 9.90 Å². The van der Waals surface area contributed by atoms with Crippen LogP contribution in [0.2, 0.25) is 0 Å². The van der Waals surface area contributed by atoms with E-state index in [-0.39, 0.29) is 11.7 Å². The van der Waals surface area contributed by atoms with E-state index < -0.39 is 0 Å². The van der Waals surface area contributed by atoms with Gasteiger partial charge in [-0.15, -0.1) is 11.3 Å². The van der Waals surface area contributed by atoms with Gasteiger partial charge in [-0.2, -0.15) is 0 Å². The van der Waals surface area contributed by atoms with Crippen LogP contribution in [0.5, 0.6) is 5.75 Å². The number of benzene rings is 1. The number of carbonyl (C=O) groups excluding carboxylic acids is 1. The van der Waals surface area contributed by atoms with E-state index in [0.717, 1.165) is 61.3 Å². The molecule has 5 nitrogen and oxygen atoms in total. The molecule has 2 heterocycles. The van der Waals surface area contributed by atoms with E-state index in [0.29, 0.717) is 10.8 Å². The molecule has 1 amide bonds. The van der Waals surface area contributed by atoms with Gasteiger partial charge in [-0.25, -0.2) is 0 Å². The Morgan fingerprint density at radius 1 is 1.10 bits per heavy atom. The summed E-state index contributed by atoms with van der Waals surface area (Å²) in [5.41, 5.74) is 3.61. The molecule has 0 saturated carbocycles. The number of rotatable bonds is 3. The lowest BCUT2D eigenvalue weighted by Crippen LogP contribution is -2.36. The molecule has 1 aliphatic carbocycles. The molecular weight excluding hydrogens is 402 g/mol. The van der Waals surface area contributed by atoms with Crippen LogP contribution in [0, 0.1) is 6.92 Å². The fourth-order valence-electron chi connectivity index (χ4n) is 4.14. The average molecular weight is 430 g/mol. The first kappa shape index (κ1) is 20.2. The smallest absolute Gasteiger partial charge is 0.257 e. The highest BCUT2D eigenvalue weighted by Crippen LogP contribution is 2.39. The summed E-state index contributed by atoms with van der Waals surface area (Å²) in [4.78, 5) is 16.7. The number of piperidine rings is 1. The van der Waals surface area contributed by atoms with Crippen molar-refractivity contribution >= 4 is 45.3 Å². The van der Waals surface area contributed by atoms with E-state index in [1.165, 1.54) is 23.3 Å². The number of phenols is 1. The highest BCUT2D eigenvalue weighted by atomic mass is 32.1. The first-order valence-electron chi connectivity index (χ1n) is 10.3. The number of anilines is 2. The third-order valence-electron chi connectivity index (χ3n) is 5.66. The standard InChI is InChI=1S/C22H27N3O2S2/c1-14-9-10-17(26)16(13-14)23-22(28)24-20-19(15-7-3-4-8-18(15)29-20)21(27)25-11-5-2-6-12-25/h9-10,13,26H,2-8,11-12H2,1H3,(H2,23,24,28). The van der Waals surface area contributed by atoms with Crippen LogP contribution in [0.15, 0.2) is 18.2 Å². The largest absolute Gasteiger partial charge is 0.506 e. The first-order valence-corrected chi connectivity index (χ1v) is 11.6. The number of aryl methyl sites for hydroxylation is 2. The lowest BCUT2D eigenvalue weighted by molar-refractivity contribution is 0.0724. The fraction of sp³-hybridized carbons (Fsp3) is 0.455. The van der Waals surface area contributed by atoms with Crippen molar-refractivity contribution in [2.45, 2.75) is 51.9 Å². The van der Waals surface area contributed by atoms with E-state index in [2.05, 4.69) is 10.6 Å². The lowest BCUT2D eigenvalue weighted by Gasteiger charge is -2.27. The number of thiocarbonyl (C=S) groups is 1. The number of thiophene rings is 1. The minimum Gasteiger partial charge on any atom is -0.506 e. The van der Waals surface area contributed by atoms with E-state index >= 15 is 0 Å². The Balaban J connectivity index is 1.59. The van der Waals surface area contributed by atoms with Crippen molar-refractivity contribution in [3.8, 4) is 5.75 Å². The summed E-state index contributed by atoms with van der Waals surface area (Å²) in [6, 6.07) is 5.34. The molecule has 4 rings (SSSR count). The molecule has 0 unspecified atom stereocenters. The zero-order valence-electron chi connectivity index (χ0n) is 16.7. The molecule has 0 bridgehead atoms. The maximum atomic E-state index is 13.4. The van der Waals surface area contributed by atoms with Crippen molar-refractivity contribution in [1.82, 2.24) is 4.90 Å². The van der Waals surface area contributed by atoms with Gasteiger partial charge in [0.15, 0.2) is 5.11 Å². The molecule has 1 fully saturated rings. The van der Waals surface area contributed by atoms with Gasteiger partial charge in [-0.1, -0.05) is 6.07 Å². The van der Waals surface area contributed by atoms with Crippen LogP contribution in [0.25, 0.3) is 0 Å². The quantitative estimate of drug-likeness (QED) is 0.469. The van der Waals surface area contributed by atoms with Crippen LogP contribution < -0.4 is 10.6 Å². The normalized spacial score (nSPS) is 16.2. The summed E-state index contributed by atoms with van der Waals surface area (Å²) in [5, 5.41) is 17.6. The van der Waals surface area contributed by atoms with Gasteiger partial charge in [0, 0.05) is 18.0 Å². The van der Waals surface area contributed by atoms with Crippen LogP contribution in [0.1, 0.15) is 58.5 Å². The van der Waals surface area contributed by atoms with E-state index in [1.54, 1.807) is 17.4 Å². The third-order valence-corrected chi connectivity index (χ3v) is 7.07. The Labute approximate surface area is 181 Å². The van der Waals surface area contributed by atoms with Gasteiger partial charge in [0.2, 0.25) is 0 Å². The predicted molar refractivity (Wildman–Crippen MR) is 123 cm³/mol. The summed E-state index contributed by atoms with van der Waals surface area (Å²) in [5.74, 6) is 0.280. The summed E-state index contributed by atoms with van der Waals surface area (Å²) in [6.07, 6.45) is 7.64. The Bertz CT molecular complexity index is 932. The number of nitrogens with zero attached hydrogens (tertiary/aromatic N) is 1. The minimum absolute atomic E-state index is 0.132. The molecule has 0 radical (unpaired) electrons. The number of phenolic OH excluding ortho intramolecular Hbond substituents is 1. The maximum Gasteiger partial charge on any atom is 0.257 e. The first-order chi connectivity index (χ1) is 14.0. The van der Waals surface area contributed by atoms with Crippen molar-refractivity contribution in [1.29, 1.82) is 0 Å². The third kappa shape index (κ3) is 4.41. The van der Waals surface area contributed by atoms with Crippen LogP contribution in [0.3, 0.4) is 0 Å². The number of aromatic hydroxyl groups is 1. The molecule has 3 N–H and O–H groups in total. The second-order valence-corrected chi connectivity index (χ2v) is 9.38. The van der Waals surface area contributed by atoms with Crippen molar-refractivity contribution in [3.05, 3.63) is 39.8 Å². The number of nitrogens with one attached hydrogen (secondary N) is 2. The number of likely N-dealkylation sites (tertiary alicyclic amines) is 1. The van der Waals surface area contributed by atoms with Gasteiger partial charge in [-0.05, 0) is 87.3 Å². The van der Waals surface area contributed by atoms with Crippen LogP contribution in [0.4, 0.5) is 10.7 Å². The predicted octanol–water partition coefficient (Wildman–Crippen LogP) is 5.08. The number of amides is 1. The Morgan fingerprint density at radius 3 is 2.66 bits per heavy atom. The second kappa shape index (κ2) is 8.71. The molecule has 154 valence electrons. The van der Waals surface area contributed by atoms with Crippen LogP contribution in [-0.4, -0.2) is 34.1 Å². The molecule has 29 heavy (non-hydrogen) atoms. The van der Waals surface area contributed by atoms with E-state index in [4.69, 9.17) is 12.2 Å². The van der Waals surface area contributed by atoms with Gasteiger partial charge >= 0.3 is 0 Å². The van der Waals surface area contributed by atoms with Gasteiger partial charge in [-0.3, -0.25) is 4.79 Å². The van der Waals surface area contributed by atoms with E-state index in [1.807, 2.05) is 24.0 Å². The van der Waals surface area contributed by atoms with Crippen LogP contribution in [-0.2, 0) is 12.8 Å². The van der Waals surface area contributed by atoms with Gasteiger partial charge in [0.05, 0.1) is 11.3 Å². The summed E-state index contributed by atoms with van der Waals surface area (Å²) in [6.45, 7) is 3.63. The minimum atomic E-state index is 0.132. The van der Waals surface area contributed by atoms with Gasteiger partial charge in [0.25, 0.3) is 5.91 Å². The van der Waals surface area contributed by atoms with Crippen molar-refractivity contribution in [3.63, 3.8) is 0 Å². The number of hydrogen-bond donors (Lipinski definition) is 3. The topological polar surface area (TPSA) is 64.6 Å². The highest BCUT2D eigenvalue weighted by Gasteiger charge is 2.29. The zero-order chi connectivity index (χ0) is 20.4.